The second-order valence-electron chi connectivity index (χ2n) is 6.85. The number of hydrogen-bond donors (Lipinski definition) is 2. The first-order chi connectivity index (χ1) is 8.45. The van der Waals surface area contributed by atoms with Gasteiger partial charge in [0.25, 0.3) is 0 Å². The highest BCUT2D eigenvalue weighted by molar-refractivity contribution is 5.02. The number of aliphatic hydroxyl groups excluding tert-OH is 1. The molecule has 0 aromatic carbocycles. The molecule has 1 aliphatic carbocycles. The number of piperidine rings is 1. The molecular formula is C15H30N2O. The number of rotatable bonds is 4. The van der Waals surface area contributed by atoms with Crippen molar-refractivity contribution in [2.24, 2.45) is 11.3 Å². The summed E-state index contributed by atoms with van der Waals surface area (Å²) >= 11 is 0. The van der Waals surface area contributed by atoms with Crippen LogP contribution in [0.5, 0.6) is 0 Å². The number of nitrogens with one attached hydrogen (secondary N) is 1. The standard InChI is InChI=1S/C15H30N2O/c1-5-17-8-6-12(7-9-17)11(2)16-13-10-14(18)15(13,3)4/h11-14,16,18H,5-10H2,1-4H3. The Labute approximate surface area is 112 Å². The molecule has 1 saturated heterocycles. The summed E-state index contributed by atoms with van der Waals surface area (Å²) in [4.78, 5) is 2.54. The van der Waals surface area contributed by atoms with Gasteiger partial charge in [0.2, 0.25) is 0 Å². The lowest BCUT2D eigenvalue weighted by atomic mass is 9.64. The molecule has 2 rings (SSSR count). The minimum absolute atomic E-state index is 0.0539. The van der Waals surface area contributed by atoms with Crippen molar-refractivity contribution in [3.05, 3.63) is 0 Å². The molecule has 1 saturated carbocycles. The molecule has 3 heteroatoms. The van der Waals surface area contributed by atoms with E-state index in [9.17, 15) is 5.11 Å². The van der Waals surface area contributed by atoms with Gasteiger partial charge in [0.1, 0.15) is 0 Å². The Bertz CT molecular complexity index is 272. The quantitative estimate of drug-likeness (QED) is 0.804. The fourth-order valence-corrected chi connectivity index (χ4v) is 3.41. The first-order valence-corrected chi connectivity index (χ1v) is 7.61. The molecule has 3 nitrogen and oxygen atoms in total. The molecule has 2 fully saturated rings. The van der Waals surface area contributed by atoms with E-state index in [0.717, 1.165) is 12.3 Å². The lowest BCUT2D eigenvalue weighted by Gasteiger charge is -2.51. The van der Waals surface area contributed by atoms with Gasteiger partial charge in [-0.05, 0) is 51.7 Å². The van der Waals surface area contributed by atoms with E-state index in [1.807, 2.05) is 0 Å². The van der Waals surface area contributed by atoms with Crippen LogP contribution in [0, 0.1) is 11.3 Å². The van der Waals surface area contributed by atoms with E-state index in [4.69, 9.17) is 0 Å². The maximum absolute atomic E-state index is 9.79. The lowest BCUT2D eigenvalue weighted by Crippen LogP contribution is -2.62. The van der Waals surface area contributed by atoms with Crippen LogP contribution >= 0.6 is 0 Å². The molecule has 2 aliphatic rings. The Morgan fingerprint density at radius 3 is 2.39 bits per heavy atom. The van der Waals surface area contributed by atoms with Gasteiger partial charge in [-0.1, -0.05) is 20.8 Å². The first-order valence-electron chi connectivity index (χ1n) is 7.61. The normalized spacial score (nSPS) is 35.2. The van der Waals surface area contributed by atoms with E-state index >= 15 is 0 Å². The van der Waals surface area contributed by atoms with Crippen LogP contribution in [0.15, 0.2) is 0 Å². The van der Waals surface area contributed by atoms with Gasteiger partial charge in [-0.3, -0.25) is 0 Å². The first kappa shape index (κ1) is 14.3. The Hall–Kier alpha value is -0.120. The molecule has 106 valence electrons. The molecule has 0 aromatic rings. The third kappa shape index (κ3) is 2.73. The lowest BCUT2D eigenvalue weighted by molar-refractivity contribution is -0.0780. The second-order valence-corrected chi connectivity index (χ2v) is 6.85. The molecule has 0 radical (unpaired) electrons. The zero-order valence-corrected chi connectivity index (χ0v) is 12.4. The highest BCUT2D eigenvalue weighted by atomic mass is 16.3. The summed E-state index contributed by atoms with van der Waals surface area (Å²) in [7, 11) is 0. The molecular weight excluding hydrogens is 224 g/mol. The summed E-state index contributed by atoms with van der Waals surface area (Å²) in [5, 5.41) is 13.6. The smallest absolute Gasteiger partial charge is 0.0621 e. The van der Waals surface area contributed by atoms with Crippen LogP contribution < -0.4 is 5.32 Å². The van der Waals surface area contributed by atoms with Gasteiger partial charge >= 0.3 is 0 Å². The van der Waals surface area contributed by atoms with Crippen molar-refractivity contribution in [3.8, 4) is 0 Å². The SMILES string of the molecule is CCN1CCC(C(C)NC2CC(O)C2(C)C)CC1. The monoisotopic (exact) mass is 254 g/mol. The van der Waals surface area contributed by atoms with Crippen LogP contribution in [0.3, 0.4) is 0 Å². The van der Waals surface area contributed by atoms with Gasteiger partial charge in [0, 0.05) is 17.5 Å². The molecule has 0 bridgehead atoms. The Morgan fingerprint density at radius 1 is 1.33 bits per heavy atom. The largest absolute Gasteiger partial charge is 0.392 e. The van der Waals surface area contributed by atoms with E-state index < -0.39 is 0 Å². The number of likely N-dealkylation sites (tertiary alicyclic amines) is 1. The van der Waals surface area contributed by atoms with Crippen molar-refractivity contribution in [2.75, 3.05) is 19.6 Å². The third-order valence-electron chi connectivity index (χ3n) is 5.47. The van der Waals surface area contributed by atoms with Gasteiger partial charge in [-0.25, -0.2) is 0 Å². The fourth-order valence-electron chi connectivity index (χ4n) is 3.41. The van der Waals surface area contributed by atoms with E-state index in [0.29, 0.717) is 12.1 Å². The predicted molar refractivity (Wildman–Crippen MR) is 75.6 cm³/mol. The van der Waals surface area contributed by atoms with Crippen molar-refractivity contribution < 1.29 is 5.11 Å². The van der Waals surface area contributed by atoms with E-state index in [2.05, 4.69) is 37.9 Å². The topological polar surface area (TPSA) is 35.5 Å². The Balaban J connectivity index is 1.77. The summed E-state index contributed by atoms with van der Waals surface area (Å²) in [5.41, 5.74) is 0.0539. The second kappa shape index (κ2) is 5.48. The highest BCUT2D eigenvalue weighted by Crippen LogP contribution is 2.41. The average molecular weight is 254 g/mol. The van der Waals surface area contributed by atoms with Crippen molar-refractivity contribution in [3.63, 3.8) is 0 Å². The summed E-state index contributed by atoms with van der Waals surface area (Å²) in [6.07, 6.45) is 3.43. The predicted octanol–water partition coefficient (Wildman–Crippen LogP) is 1.86. The summed E-state index contributed by atoms with van der Waals surface area (Å²) in [5.74, 6) is 0.807. The van der Waals surface area contributed by atoms with Crippen LogP contribution in [0.2, 0.25) is 0 Å². The molecule has 0 spiro atoms. The molecule has 1 heterocycles. The van der Waals surface area contributed by atoms with Crippen molar-refractivity contribution in [1.29, 1.82) is 0 Å². The van der Waals surface area contributed by atoms with Gasteiger partial charge < -0.3 is 15.3 Å². The van der Waals surface area contributed by atoms with Gasteiger partial charge in [-0.15, -0.1) is 0 Å². The van der Waals surface area contributed by atoms with Crippen molar-refractivity contribution in [1.82, 2.24) is 10.2 Å². The van der Waals surface area contributed by atoms with Gasteiger partial charge in [-0.2, -0.15) is 0 Å². The number of aliphatic hydroxyl groups is 1. The molecule has 0 amide bonds. The van der Waals surface area contributed by atoms with E-state index in [1.54, 1.807) is 0 Å². The summed E-state index contributed by atoms with van der Waals surface area (Å²) in [6, 6.07) is 1.08. The zero-order valence-electron chi connectivity index (χ0n) is 12.4. The Kier molecular flexibility index (Phi) is 4.35. The Morgan fingerprint density at radius 2 is 1.94 bits per heavy atom. The maximum atomic E-state index is 9.79. The fraction of sp³-hybridized carbons (Fsp3) is 1.00. The summed E-state index contributed by atoms with van der Waals surface area (Å²) in [6.45, 7) is 12.6. The minimum Gasteiger partial charge on any atom is -0.392 e. The van der Waals surface area contributed by atoms with Crippen molar-refractivity contribution >= 4 is 0 Å². The van der Waals surface area contributed by atoms with Crippen LogP contribution in [0.25, 0.3) is 0 Å². The average Bonchev–Trinajstić information content (AvgIpc) is 2.38. The molecule has 2 N–H and O–H groups in total. The van der Waals surface area contributed by atoms with E-state index in [-0.39, 0.29) is 11.5 Å². The third-order valence-corrected chi connectivity index (χ3v) is 5.47. The zero-order chi connectivity index (χ0) is 13.3. The van der Waals surface area contributed by atoms with Crippen molar-refractivity contribution in [2.45, 2.75) is 65.1 Å². The molecule has 0 aromatic heterocycles. The van der Waals surface area contributed by atoms with Crippen LogP contribution in [0.1, 0.15) is 47.0 Å². The molecule has 3 atom stereocenters. The van der Waals surface area contributed by atoms with Gasteiger partial charge in [0.05, 0.1) is 6.10 Å². The molecule has 18 heavy (non-hydrogen) atoms. The van der Waals surface area contributed by atoms with Crippen LogP contribution in [-0.2, 0) is 0 Å². The highest BCUT2D eigenvalue weighted by Gasteiger charge is 2.47. The summed E-state index contributed by atoms with van der Waals surface area (Å²) < 4.78 is 0. The number of hydrogen-bond acceptors (Lipinski definition) is 3. The minimum atomic E-state index is -0.121. The van der Waals surface area contributed by atoms with Crippen LogP contribution in [0.4, 0.5) is 0 Å². The van der Waals surface area contributed by atoms with Gasteiger partial charge in [0.15, 0.2) is 0 Å². The van der Waals surface area contributed by atoms with Crippen LogP contribution in [-0.4, -0.2) is 47.8 Å². The molecule has 1 aliphatic heterocycles. The maximum Gasteiger partial charge on any atom is 0.0621 e. The number of nitrogens with zero attached hydrogens (tertiary/aromatic N) is 1. The van der Waals surface area contributed by atoms with E-state index in [1.165, 1.54) is 32.5 Å². The molecule has 3 unspecified atom stereocenters.